The topological polar surface area (TPSA) is 72.2 Å². The van der Waals surface area contributed by atoms with Crippen LogP contribution in [0.4, 0.5) is 5.69 Å². The molecule has 0 aliphatic carbocycles. The highest BCUT2D eigenvalue weighted by Crippen LogP contribution is 2.20. The summed E-state index contributed by atoms with van der Waals surface area (Å²) in [5.41, 5.74) is 3.80. The molecule has 2 aromatic carbocycles. The molecule has 0 unspecified atom stereocenters. The highest BCUT2D eigenvalue weighted by molar-refractivity contribution is 9.10. The molecule has 128 valence electrons. The van der Waals surface area contributed by atoms with Crippen LogP contribution in [0.5, 0.6) is 0 Å². The second kappa shape index (κ2) is 6.68. The van der Waals surface area contributed by atoms with Gasteiger partial charge in [0.15, 0.2) is 11.5 Å². The summed E-state index contributed by atoms with van der Waals surface area (Å²) >= 11 is 3.36. The SMILES string of the molecule is Cc1nnc2ccc(-c3ccc(NC(=O)c4ccc(Br)cc4)cc3)nn12. The first-order valence-corrected chi connectivity index (χ1v) is 8.76. The molecule has 0 atom stereocenters. The summed E-state index contributed by atoms with van der Waals surface area (Å²) in [4.78, 5) is 12.3. The van der Waals surface area contributed by atoms with Crippen LogP contribution in [0.3, 0.4) is 0 Å². The Morgan fingerprint density at radius 2 is 1.69 bits per heavy atom. The molecular formula is C19H14BrN5O. The van der Waals surface area contributed by atoms with Crippen molar-refractivity contribution in [2.45, 2.75) is 6.92 Å². The normalized spacial score (nSPS) is 10.8. The van der Waals surface area contributed by atoms with Gasteiger partial charge in [0.1, 0.15) is 0 Å². The Hall–Kier alpha value is -3.06. The van der Waals surface area contributed by atoms with E-state index in [1.54, 1.807) is 16.6 Å². The largest absolute Gasteiger partial charge is 0.322 e. The molecule has 6 nitrogen and oxygen atoms in total. The van der Waals surface area contributed by atoms with Crippen molar-refractivity contribution in [2.24, 2.45) is 0 Å². The van der Waals surface area contributed by atoms with Gasteiger partial charge in [-0.1, -0.05) is 28.1 Å². The van der Waals surface area contributed by atoms with Crippen molar-refractivity contribution in [1.29, 1.82) is 0 Å². The maximum atomic E-state index is 12.3. The van der Waals surface area contributed by atoms with Crippen LogP contribution in [0.2, 0.25) is 0 Å². The number of carbonyl (C=O) groups is 1. The second-order valence-electron chi connectivity index (χ2n) is 5.77. The molecule has 0 aliphatic heterocycles. The fourth-order valence-electron chi connectivity index (χ4n) is 2.58. The summed E-state index contributed by atoms with van der Waals surface area (Å²) in [5.74, 6) is 0.588. The highest BCUT2D eigenvalue weighted by atomic mass is 79.9. The zero-order valence-corrected chi connectivity index (χ0v) is 15.4. The Morgan fingerprint density at radius 1 is 0.962 bits per heavy atom. The minimum atomic E-state index is -0.148. The van der Waals surface area contributed by atoms with Crippen molar-refractivity contribution in [1.82, 2.24) is 19.8 Å². The van der Waals surface area contributed by atoms with E-state index in [0.717, 1.165) is 27.2 Å². The summed E-state index contributed by atoms with van der Waals surface area (Å²) in [7, 11) is 0. The molecule has 2 aromatic heterocycles. The van der Waals surface area contributed by atoms with Crippen LogP contribution in [0, 0.1) is 6.92 Å². The molecular weight excluding hydrogens is 394 g/mol. The van der Waals surface area contributed by atoms with E-state index in [4.69, 9.17) is 0 Å². The standard InChI is InChI=1S/C19H14BrN5O/c1-12-22-23-18-11-10-17(24-25(12)18)13-4-8-16(9-5-13)21-19(26)14-2-6-15(20)7-3-14/h2-11H,1H3,(H,21,26). The predicted octanol–water partition coefficient (Wildman–Crippen LogP) is 4.11. The predicted molar refractivity (Wildman–Crippen MR) is 103 cm³/mol. The summed E-state index contributed by atoms with van der Waals surface area (Å²) in [6, 6.07) is 18.6. The second-order valence-corrected chi connectivity index (χ2v) is 6.69. The van der Waals surface area contributed by atoms with E-state index in [1.165, 1.54) is 0 Å². The molecule has 0 fully saturated rings. The Kier molecular flexibility index (Phi) is 4.22. The Balaban J connectivity index is 1.55. The van der Waals surface area contributed by atoms with Gasteiger partial charge >= 0.3 is 0 Å². The zero-order valence-electron chi connectivity index (χ0n) is 13.8. The first kappa shape index (κ1) is 16.4. The summed E-state index contributed by atoms with van der Waals surface area (Å²) in [6.45, 7) is 1.86. The van der Waals surface area contributed by atoms with Gasteiger partial charge in [-0.25, -0.2) is 0 Å². The van der Waals surface area contributed by atoms with Gasteiger partial charge in [0.2, 0.25) is 0 Å². The maximum Gasteiger partial charge on any atom is 0.255 e. The number of amides is 1. The average Bonchev–Trinajstić information content (AvgIpc) is 3.03. The van der Waals surface area contributed by atoms with Gasteiger partial charge in [0.25, 0.3) is 5.91 Å². The monoisotopic (exact) mass is 407 g/mol. The third kappa shape index (κ3) is 3.21. The summed E-state index contributed by atoms with van der Waals surface area (Å²) in [6.07, 6.45) is 0. The van der Waals surface area contributed by atoms with E-state index in [-0.39, 0.29) is 5.91 Å². The Labute approximate surface area is 158 Å². The van der Waals surface area contributed by atoms with Gasteiger partial charge in [0, 0.05) is 21.3 Å². The first-order valence-electron chi connectivity index (χ1n) is 7.96. The number of nitrogens with one attached hydrogen (secondary N) is 1. The van der Waals surface area contributed by atoms with Crippen LogP contribution in [-0.4, -0.2) is 25.7 Å². The number of benzene rings is 2. The van der Waals surface area contributed by atoms with Gasteiger partial charge in [-0.2, -0.15) is 9.61 Å². The fourth-order valence-corrected chi connectivity index (χ4v) is 2.84. The van der Waals surface area contributed by atoms with E-state index in [0.29, 0.717) is 11.2 Å². The van der Waals surface area contributed by atoms with Crippen molar-refractivity contribution in [3.63, 3.8) is 0 Å². The molecule has 2 heterocycles. The smallest absolute Gasteiger partial charge is 0.255 e. The number of halogens is 1. The van der Waals surface area contributed by atoms with Crippen molar-refractivity contribution in [3.05, 3.63) is 76.5 Å². The maximum absolute atomic E-state index is 12.3. The zero-order chi connectivity index (χ0) is 18.1. The van der Waals surface area contributed by atoms with E-state index in [2.05, 4.69) is 36.5 Å². The van der Waals surface area contributed by atoms with E-state index < -0.39 is 0 Å². The van der Waals surface area contributed by atoms with Crippen molar-refractivity contribution in [3.8, 4) is 11.3 Å². The third-order valence-electron chi connectivity index (χ3n) is 3.96. The van der Waals surface area contributed by atoms with Crippen LogP contribution in [0.15, 0.2) is 65.1 Å². The molecule has 0 bridgehead atoms. The number of nitrogens with zero attached hydrogens (tertiary/aromatic N) is 4. The van der Waals surface area contributed by atoms with Gasteiger partial charge in [-0.05, 0) is 55.5 Å². The minimum Gasteiger partial charge on any atom is -0.322 e. The average molecular weight is 408 g/mol. The number of rotatable bonds is 3. The lowest BCUT2D eigenvalue weighted by Crippen LogP contribution is -2.11. The lowest BCUT2D eigenvalue weighted by molar-refractivity contribution is 0.102. The lowest BCUT2D eigenvalue weighted by Gasteiger charge is -2.07. The molecule has 1 amide bonds. The molecule has 0 saturated heterocycles. The van der Waals surface area contributed by atoms with Gasteiger partial charge < -0.3 is 5.32 Å². The van der Waals surface area contributed by atoms with Crippen molar-refractivity contribution in [2.75, 3.05) is 5.32 Å². The van der Waals surface area contributed by atoms with E-state index in [9.17, 15) is 4.79 Å². The minimum absolute atomic E-state index is 0.148. The highest BCUT2D eigenvalue weighted by Gasteiger charge is 2.08. The number of aromatic nitrogens is 4. The first-order chi connectivity index (χ1) is 12.6. The van der Waals surface area contributed by atoms with Gasteiger partial charge in [-0.3, -0.25) is 4.79 Å². The molecule has 7 heteroatoms. The van der Waals surface area contributed by atoms with Crippen molar-refractivity contribution >= 4 is 33.2 Å². The van der Waals surface area contributed by atoms with Crippen LogP contribution in [0.1, 0.15) is 16.2 Å². The Bertz CT molecular complexity index is 1090. The number of anilines is 1. The molecule has 4 rings (SSSR count). The molecule has 0 saturated carbocycles. The van der Waals surface area contributed by atoms with E-state index >= 15 is 0 Å². The molecule has 0 spiro atoms. The Morgan fingerprint density at radius 3 is 2.42 bits per heavy atom. The molecule has 4 aromatic rings. The van der Waals surface area contributed by atoms with E-state index in [1.807, 2.05) is 55.5 Å². The van der Waals surface area contributed by atoms with Gasteiger partial charge in [0.05, 0.1) is 5.69 Å². The summed E-state index contributed by atoms with van der Waals surface area (Å²) in [5, 5.41) is 15.5. The number of carbonyl (C=O) groups excluding carboxylic acids is 1. The molecule has 0 aliphatic rings. The number of fused-ring (bicyclic) bond motifs is 1. The van der Waals surface area contributed by atoms with Crippen molar-refractivity contribution < 1.29 is 4.79 Å². The molecule has 1 N–H and O–H groups in total. The number of hydrogen-bond acceptors (Lipinski definition) is 4. The number of aryl methyl sites for hydroxylation is 1. The quantitative estimate of drug-likeness (QED) is 0.554. The lowest BCUT2D eigenvalue weighted by atomic mass is 10.1. The van der Waals surface area contributed by atoms with Crippen LogP contribution in [0.25, 0.3) is 16.9 Å². The third-order valence-corrected chi connectivity index (χ3v) is 4.49. The molecule has 26 heavy (non-hydrogen) atoms. The molecule has 0 radical (unpaired) electrons. The fraction of sp³-hybridized carbons (Fsp3) is 0.0526. The van der Waals surface area contributed by atoms with Crippen LogP contribution < -0.4 is 5.32 Å². The van der Waals surface area contributed by atoms with Crippen LogP contribution >= 0.6 is 15.9 Å². The van der Waals surface area contributed by atoms with Gasteiger partial charge in [-0.15, -0.1) is 10.2 Å². The number of hydrogen-bond donors (Lipinski definition) is 1. The summed E-state index contributed by atoms with van der Waals surface area (Å²) < 4.78 is 2.64. The van der Waals surface area contributed by atoms with Crippen LogP contribution in [-0.2, 0) is 0 Å².